The average molecular weight is 454 g/mol. The van der Waals surface area contributed by atoms with Crippen LogP contribution in [0.1, 0.15) is 28.4 Å². The van der Waals surface area contributed by atoms with Crippen molar-refractivity contribution in [2.24, 2.45) is 0 Å². The van der Waals surface area contributed by atoms with Crippen LogP contribution in [0.3, 0.4) is 0 Å². The molecule has 0 aliphatic rings. The number of para-hydroxylation sites is 1. The SMILES string of the molecule is COc1ccc(OC(CCN(C)C)c2ccccc2)cc1OC.O=C(O)c1ccccc1O. The third-order valence-corrected chi connectivity index (χ3v) is 4.78. The zero-order chi connectivity index (χ0) is 24.2. The van der Waals surface area contributed by atoms with Gasteiger partial charge in [-0.1, -0.05) is 42.5 Å². The van der Waals surface area contributed by atoms with Crippen molar-refractivity contribution in [1.82, 2.24) is 4.90 Å². The molecule has 0 saturated heterocycles. The molecule has 1 unspecified atom stereocenters. The number of nitrogens with zero attached hydrogens (tertiary/aromatic N) is 1. The molecule has 7 nitrogen and oxygen atoms in total. The van der Waals surface area contributed by atoms with Gasteiger partial charge in [-0.05, 0) is 43.9 Å². The van der Waals surface area contributed by atoms with Gasteiger partial charge >= 0.3 is 5.97 Å². The molecule has 0 radical (unpaired) electrons. The van der Waals surface area contributed by atoms with Crippen molar-refractivity contribution in [2.75, 3.05) is 34.9 Å². The number of phenols is 1. The summed E-state index contributed by atoms with van der Waals surface area (Å²) in [4.78, 5) is 12.4. The smallest absolute Gasteiger partial charge is 0.339 e. The highest BCUT2D eigenvalue weighted by atomic mass is 16.5. The summed E-state index contributed by atoms with van der Waals surface area (Å²) in [5.41, 5.74) is 1.10. The van der Waals surface area contributed by atoms with Gasteiger partial charge < -0.3 is 29.3 Å². The van der Waals surface area contributed by atoms with Crippen LogP contribution in [-0.2, 0) is 0 Å². The van der Waals surface area contributed by atoms with E-state index in [0.717, 1.165) is 18.7 Å². The largest absolute Gasteiger partial charge is 0.507 e. The molecule has 0 aliphatic carbocycles. The topological polar surface area (TPSA) is 88.5 Å². The highest BCUT2D eigenvalue weighted by Gasteiger charge is 2.15. The van der Waals surface area contributed by atoms with E-state index in [1.165, 1.54) is 17.7 Å². The molecule has 3 aromatic carbocycles. The molecule has 3 aromatic rings. The lowest BCUT2D eigenvalue weighted by molar-refractivity contribution is 0.0693. The molecule has 0 bridgehead atoms. The van der Waals surface area contributed by atoms with Gasteiger partial charge in [0.2, 0.25) is 0 Å². The lowest BCUT2D eigenvalue weighted by Gasteiger charge is -2.22. The van der Waals surface area contributed by atoms with Crippen molar-refractivity contribution in [3.63, 3.8) is 0 Å². The van der Waals surface area contributed by atoms with E-state index in [1.807, 2.05) is 36.4 Å². The highest BCUT2D eigenvalue weighted by molar-refractivity contribution is 5.90. The third-order valence-electron chi connectivity index (χ3n) is 4.78. The van der Waals surface area contributed by atoms with Crippen LogP contribution in [0, 0.1) is 0 Å². The minimum absolute atomic E-state index is 0.00305. The number of rotatable bonds is 9. The number of carboxylic acids is 1. The van der Waals surface area contributed by atoms with Crippen molar-refractivity contribution in [3.05, 3.63) is 83.9 Å². The lowest BCUT2D eigenvalue weighted by atomic mass is 10.1. The second-order valence-electron chi connectivity index (χ2n) is 7.45. The van der Waals surface area contributed by atoms with E-state index in [4.69, 9.17) is 24.4 Å². The van der Waals surface area contributed by atoms with E-state index in [9.17, 15) is 4.79 Å². The number of carbonyl (C=O) groups is 1. The maximum absolute atomic E-state index is 10.3. The van der Waals surface area contributed by atoms with Crippen molar-refractivity contribution >= 4 is 5.97 Å². The van der Waals surface area contributed by atoms with Gasteiger partial charge in [0.15, 0.2) is 11.5 Å². The van der Waals surface area contributed by atoms with Crippen LogP contribution in [0.5, 0.6) is 23.0 Å². The number of hydrogen-bond acceptors (Lipinski definition) is 6. The number of ether oxygens (including phenoxy) is 3. The van der Waals surface area contributed by atoms with Crippen LogP contribution in [0.25, 0.3) is 0 Å². The molecule has 0 spiro atoms. The van der Waals surface area contributed by atoms with E-state index in [-0.39, 0.29) is 17.4 Å². The van der Waals surface area contributed by atoms with E-state index >= 15 is 0 Å². The van der Waals surface area contributed by atoms with Gasteiger partial charge in [0.1, 0.15) is 23.2 Å². The van der Waals surface area contributed by atoms with Crippen molar-refractivity contribution in [1.29, 1.82) is 0 Å². The zero-order valence-electron chi connectivity index (χ0n) is 19.4. The van der Waals surface area contributed by atoms with Gasteiger partial charge in [0.25, 0.3) is 0 Å². The van der Waals surface area contributed by atoms with Crippen molar-refractivity contribution < 1.29 is 29.2 Å². The molecule has 1 atom stereocenters. The van der Waals surface area contributed by atoms with E-state index < -0.39 is 5.97 Å². The molecule has 3 rings (SSSR count). The Hall–Kier alpha value is -3.71. The first-order chi connectivity index (χ1) is 15.8. The minimum Gasteiger partial charge on any atom is -0.507 e. The van der Waals surface area contributed by atoms with Crippen LogP contribution in [0.15, 0.2) is 72.8 Å². The van der Waals surface area contributed by atoms with Crippen molar-refractivity contribution in [2.45, 2.75) is 12.5 Å². The Balaban J connectivity index is 0.000000321. The Bertz CT molecular complexity index is 1010. The van der Waals surface area contributed by atoms with Crippen LogP contribution in [0.2, 0.25) is 0 Å². The third kappa shape index (κ3) is 8.05. The number of carboxylic acid groups (broad SMARTS) is 1. The van der Waals surface area contributed by atoms with E-state index in [2.05, 4.69) is 31.1 Å². The maximum atomic E-state index is 10.3. The number of aromatic hydroxyl groups is 1. The molecule has 0 aromatic heterocycles. The van der Waals surface area contributed by atoms with Gasteiger partial charge in [-0.2, -0.15) is 0 Å². The summed E-state index contributed by atoms with van der Waals surface area (Å²) < 4.78 is 16.9. The predicted octanol–water partition coefficient (Wildman–Crippen LogP) is 4.87. The Morgan fingerprint density at radius 1 is 0.909 bits per heavy atom. The lowest BCUT2D eigenvalue weighted by Crippen LogP contribution is -2.18. The molecule has 33 heavy (non-hydrogen) atoms. The first-order valence-corrected chi connectivity index (χ1v) is 10.4. The molecule has 0 saturated carbocycles. The second kappa shape index (κ2) is 13.0. The monoisotopic (exact) mass is 453 g/mol. The molecular formula is C26H31NO6. The quantitative estimate of drug-likeness (QED) is 0.478. The molecule has 2 N–H and O–H groups in total. The van der Waals surface area contributed by atoms with Gasteiger partial charge in [-0.25, -0.2) is 4.79 Å². The Morgan fingerprint density at radius 3 is 2.09 bits per heavy atom. The molecule has 0 fully saturated rings. The summed E-state index contributed by atoms with van der Waals surface area (Å²) in [5, 5.41) is 17.3. The summed E-state index contributed by atoms with van der Waals surface area (Å²) in [6, 6.07) is 21.7. The molecular weight excluding hydrogens is 422 g/mol. The van der Waals surface area contributed by atoms with E-state index in [0.29, 0.717) is 11.5 Å². The fourth-order valence-corrected chi connectivity index (χ4v) is 3.05. The number of hydrogen-bond donors (Lipinski definition) is 2. The minimum atomic E-state index is -1.11. The summed E-state index contributed by atoms with van der Waals surface area (Å²) in [7, 11) is 7.39. The van der Waals surface area contributed by atoms with Crippen LogP contribution < -0.4 is 14.2 Å². The number of methoxy groups -OCH3 is 2. The Morgan fingerprint density at radius 2 is 1.55 bits per heavy atom. The normalized spacial score (nSPS) is 11.2. The Kier molecular flexibility index (Phi) is 10.0. The molecule has 0 heterocycles. The maximum Gasteiger partial charge on any atom is 0.339 e. The second-order valence-corrected chi connectivity index (χ2v) is 7.45. The molecule has 176 valence electrons. The Labute approximate surface area is 194 Å². The van der Waals surface area contributed by atoms with Crippen LogP contribution >= 0.6 is 0 Å². The standard InChI is InChI=1S/C19H25NO3.C7H6O3/c1-20(2)13-12-17(15-8-6-5-7-9-15)23-16-10-11-18(21-3)19(14-16)22-4;8-6-4-2-1-3-5(6)7(9)10/h5-11,14,17H,12-13H2,1-4H3;1-4,8H,(H,9,10). The van der Waals surface area contributed by atoms with Gasteiger partial charge in [-0.15, -0.1) is 0 Å². The summed E-state index contributed by atoms with van der Waals surface area (Å²) in [6.07, 6.45) is 0.905. The summed E-state index contributed by atoms with van der Waals surface area (Å²) in [6.45, 7) is 0.951. The van der Waals surface area contributed by atoms with Gasteiger partial charge in [0.05, 0.1) is 14.2 Å². The summed E-state index contributed by atoms with van der Waals surface area (Å²) >= 11 is 0. The van der Waals surface area contributed by atoms with Gasteiger partial charge in [0, 0.05) is 19.0 Å². The fraction of sp³-hybridized carbons (Fsp3) is 0.269. The highest BCUT2D eigenvalue weighted by Crippen LogP contribution is 2.33. The van der Waals surface area contributed by atoms with Crippen LogP contribution in [-0.4, -0.2) is 55.9 Å². The first-order valence-electron chi connectivity index (χ1n) is 10.4. The fourth-order valence-electron chi connectivity index (χ4n) is 3.05. The van der Waals surface area contributed by atoms with Crippen molar-refractivity contribution in [3.8, 4) is 23.0 Å². The predicted molar refractivity (Wildman–Crippen MR) is 128 cm³/mol. The number of benzene rings is 3. The first kappa shape index (κ1) is 25.5. The zero-order valence-corrected chi connectivity index (χ0v) is 19.4. The van der Waals surface area contributed by atoms with Crippen LogP contribution in [0.4, 0.5) is 0 Å². The average Bonchev–Trinajstić information content (AvgIpc) is 2.82. The van der Waals surface area contributed by atoms with E-state index in [1.54, 1.807) is 26.4 Å². The molecule has 0 aliphatic heterocycles. The molecule has 7 heteroatoms. The van der Waals surface area contributed by atoms with Gasteiger partial charge in [-0.3, -0.25) is 0 Å². The molecule has 0 amide bonds. The summed E-state index contributed by atoms with van der Waals surface area (Å²) in [5.74, 6) is 0.831. The number of aromatic carboxylic acids is 1.